The van der Waals surface area contributed by atoms with E-state index in [9.17, 15) is 9.59 Å². The molecular weight excluding hydrogens is 374 g/mol. The molecule has 2 heterocycles. The molecule has 1 aliphatic rings. The number of imidazole rings is 1. The number of aryl methyl sites for hydroxylation is 1. The smallest absolute Gasteiger partial charge is 0.254 e. The van der Waals surface area contributed by atoms with Crippen molar-refractivity contribution in [1.82, 2.24) is 15.3 Å². The third-order valence-corrected chi connectivity index (χ3v) is 5.67. The van der Waals surface area contributed by atoms with Gasteiger partial charge in [-0.1, -0.05) is 20.3 Å². The van der Waals surface area contributed by atoms with Crippen LogP contribution >= 0.6 is 11.3 Å². The summed E-state index contributed by atoms with van der Waals surface area (Å²) in [6.45, 7) is 4.79. The average molecular weight is 406 g/mol. The molecule has 0 radical (unpaired) electrons. The number of thiophene rings is 1. The maximum Gasteiger partial charge on any atom is 0.254 e. The number of carbonyl (C=O) groups excluding carboxylic acids is 2. The molecule has 0 saturated carbocycles. The zero-order valence-corrected chi connectivity index (χ0v) is 17.6. The molecule has 2 aromatic heterocycles. The molecule has 0 unspecified atom stereocenters. The van der Waals surface area contributed by atoms with Crippen LogP contribution in [0.4, 0.5) is 10.9 Å². The van der Waals surface area contributed by atoms with Gasteiger partial charge < -0.3 is 21.4 Å². The summed E-state index contributed by atoms with van der Waals surface area (Å²) in [6.07, 6.45) is 10.9. The minimum Gasteiger partial charge on any atom is -0.369 e. The van der Waals surface area contributed by atoms with Crippen molar-refractivity contribution in [2.24, 2.45) is 0 Å². The number of aromatic nitrogens is 2. The molecule has 0 fully saturated rings. The molecule has 0 saturated heterocycles. The number of hydrogen-bond donors (Lipinski definition) is 4. The third kappa shape index (κ3) is 6.37. The van der Waals surface area contributed by atoms with Crippen LogP contribution in [0.5, 0.6) is 0 Å². The number of nitrogens with zero attached hydrogens (tertiary/aromatic N) is 1. The summed E-state index contributed by atoms with van der Waals surface area (Å²) in [5.41, 5.74) is 7.00. The molecule has 0 bridgehead atoms. The number of aromatic amines is 1. The molecule has 5 N–H and O–H groups in total. The Labute approximate surface area is 170 Å². The Morgan fingerprint density at radius 2 is 2.04 bits per heavy atom. The van der Waals surface area contributed by atoms with Crippen LogP contribution in [0.3, 0.4) is 0 Å². The van der Waals surface area contributed by atoms with Gasteiger partial charge in [0.05, 0.1) is 5.56 Å². The van der Waals surface area contributed by atoms with Crippen LogP contribution in [0.25, 0.3) is 0 Å². The topological polar surface area (TPSA) is 113 Å². The van der Waals surface area contributed by atoms with Gasteiger partial charge in [-0.05, 0) is 44.1 Å². The third-order valence-electron chi connectivity index (χ3n) is 4.46. The Balaban J connectivity index is 0.000000397. The molecule has 7 nitrogen and oxygen atoms in total. The van der Waals surface area contributed by atoms with Gasteiger partial charge in [0, 0.05) is 30.2 Å². The van der Waals surface area contributed by atoms with E-state index >= 15 is 0 Å². The summed E-state index contributed by atoms with van der Waals surface area (Å²) in [6, 6.07) is 0. The van der Waals surface area contributed by atoms with Gasteiger partial charge in [-0.25, -0.2) is 4.98 Å². The van der Waals surface area contributed by atoms with E-state index in [1.165, 1.54) is 11.3 Å². The SMILES string of the molecule is CCCCNC(=O)c1c(NC(=O)CCC)sc2c1CCCC2.Nc1ncc[nH]1. The van der Waals surface area contributed by atoms with Gasteiger partial charge in [0.1, 0.15) is 5.00 Å². The molecule has 0 aliphatic heterocycles. The number of H-pyrrole nitrogens is 1. The Kier molecular flexibility index (Phi) is 9.00. The van der Waals surface area contributed by atoms with Gasteiger partial charge in [-0.15, -0.1) is 11.3 Å². The molecule has 3 rings (SSSR count). The molecule has 2 amide bonds. The van der Waals surface area contributed by atoms with E-state index in [1.54, 1.807) is 23.7 Å². The van der Waals surface area contributed by atoms with Crippen LogP contribution in [0.1, 0.15) is 73.2 Å². The van der Waals surface area contributed by atoms with Crippen LogP contribution in [-0.2, 0) is 17.6 Å². The van der Waals surface area contributed by atoms with Crippen molar-refractivity contribution in [2.45, 2.75) is 65.2 Å². The van der Waals surface area contributed by atoms with Crippen LogP contribution in [0.2, 0.25) is 0 Å². The van der Waals surface area contributed by atoms with Crippen LogP contribution in [0.15, 0.2) is 12.4 Å². The minimum absolute atomic E-state index is 0.00343. The summed E-state index contributed by atoms with van der Waals surface area (Å²) in [7, 11) is 0. The number of hydrogen-bond acceptors (Lipinski definition) is 5. The monoisotopic (exact) mass is 405 g/mol. The highest BCUT2D eigenvalue weighted by molar-refractivity contribution is 7.17. The Hall–Kier alpha value is -2.35. The summed E-state index contributed by atoms with van der Waals surface area (Å²) in [5, 5.41) is 6.71. The summed E-state index contributed by atoms with van der Waals surface area (Å²) < 4.78 is 0. The Morgan fingerprint density at radius 3 is 2.64 bits per heavy atom. The zero-order chi connectivity index (χ0) is 20.4. The largest absolute Gasteiger partial charge is 0.369 e. The molecule has 0 aromatic carbocycles. The highest BCUT2D eigenvalue weighted by Crippen LogP contribution is 2.38. The highest BCUT2D eigenvalue weighted by atomic mass is 32.1. The second-order valence-corrected chi connectivity index (χ2v) is 7.90. The van der Waals surface area contributed by atoms with E-state index in [0.717, 1.165) is 54.7 Å². The predicted octanol–water partition coefficient (Wildman–Crippen LogP) is 3.89. The summed E-state index contributed by atoms with van der Waals surface area (Å²) in [4.78, 5) is 32.1. The van der Waals surface area contributed by atoms with E-state index in [0.29, 0.717) is 18.9 Å². The van der Waals surface area contributed by atoms with Crippen molar-refractivity contribution in [3.8, 4) is 0 Å². The van der Waals surface area contributed by atoms with Crippen molar-refractivity contribution in [3.63, 3.8) is 0 Å². The van der Waals surface area contributed by atoms with Crippen LogP contribution in [-0.4, -0.2) is 28.3 Å². The zero-order valence-electron chi connectivity index (χ0n) is 16.8. The number of nitrogens with one attached hydrogen (secondary N) is 3. The van der Waals surface area contributed by atoms with Gasteiger partial charge in [-0.2, -0.15) is 0 Å². The standard InChI is InChI=1S/C17H26N2O2S.C3H5N3/c1-3-5-11-18-16(21)15-12-9-6-7-10-13(12)22-17(15)19-14(20)8-4-2;4-3-5-1-2-6-3/h3-11H2,1-2H3,(H,18,21)(H,19,20);1-2H,(H3,4,5,6). The first-order valence-corrected chi connectivity index (χ1v) is 10.9. The van der Waals surface area contributed by atoms with Crippen molar-refractivity contribution in [2.75, 3.05) is 17.6 Å². The quantitative estimate of drug-likeness (QED) is 0.523. The molecule has 0 spiro atoms. The number of fused-ring (bicyclic) bond motifs is 1. The van der Waals surface area contributed by atoms with Gasteiger partial charge in [0.2, 0.25) is 5.91 Å². The van der Waals surface area contributed by atoms with E-state index < -0.39 is 0 Å². The van der Waals surface area contributed by atoms with Gasteiger partial charge in [0.15, 0.2) is 5.95 Å². The summed E-state index contributed by atoms with van der Waals surface area (Å²) in [5.74, 6) is 0.443. The number of nitrogens with two attached hydrogens (primary N) is 1. The minimum atomic E-state index is -0.0281. The normalized spacial score (nSPS) is 12.5. The van der Waals surface area contributed by atoms with Crippen molar-refractivity contribution in [1.29, 1.82) is 0 Å². The van der Waals surface area contributed by atoms with E-state index in [1.807, 2.05) is 6.92 Å². The summed E-state index contributed by atoms with van der Waals surface area (Å²) >= 11 is 1.59. The first-order chi connectivity index (χ1) is 13.6. The molecule has 154 valence electrons. The number of carbonyl (C=O) groups is 2. The molecule has 0 atom stereocenters. The fourth-order valence-electron chi connectivity index (χ4n) is 3.05. The lowest BCUT2D eigenvalue weighted by Gasteiger charge is -2.13. The molecular formula is C20H31N5O2S. The maximum atomic E-state index is 12.6. The van der Waals surface area contributed by atoms with Gasteiger partial charge >= 0.3 is 0 Å². The maximum absolute atomic E-state index is 12.6. The fraction of sp³-hybridized carbons (Fsp3) is 0.550. The number of anilines is 2. The van der Waals surface area contributed by atoms with Crippen molar-refractivity contribution in [3.05, 3.63) is 28.4 Å². The lowest BCUT2D eigenvalue weighted by atomic mass is 9.95. The highest BCUT2D eigenvalue weighted by Gasteiger charge is 2.25. The number of nitrogen functional groups attached to an aromatic ring is 1. The van der Waals surface area contributed by atoms with E-state index in [-0.39, 0.29) is 11.8 Å². The van der Waals surface area contributed by atoms with Crippen molar-refractivity contribution >= 4 is 34.1 Å². The first kappa shape index (κ1) is 21.9. The average Bonchev–Trinajstić information content (AvgIpc) is 3.28. The lowest BCUT2D eigenvalue weighted by molar-refractivity contribution is -0.116. The van der Waals surface area contributed by atoms with Gasteiger partial charge in [0.25, 0.3) is 5.91 Å². The Bertz CT molecular complexity index is 755. The van der Waals surface area contributed by atoms with Gasteiger partial charge in [-0.3, -0.25) is 9.59 Å². The number of amides is 2. The van der Waals surface area contributed by atoms with E-state index in [2.05, 4.69) is 27.5 Å². The molecule has 1 aliphatic carbocycles. The lowest BCUT2D eigenvalue weighted by Crippen LogP contribution is -2.26. The predicted molar refractivity (Wildman–Crippen MR) is 115 cm³/mol. The van der Waals surface area contributed by atoms with Crippen molar-refractivity contribution < 1.29 is 9.59 Å². The first-order valence-electron chi connectivity index (χ1n) is 10.0. The molecule has 8 heteroatoms. The fourth-order valence-corrected chi connectivity index (χ4v) is 4.36. The number of rotatable bonds is 7. The van der Waals surface area contributed by atoms with E-state index in [4.69, 9.17) is 5.73 Å². The molecule has 2 aromatic rings. The Morgan fingerprint density at radius 1 is 1.25 bits per heavy atom. The van der Waals surface area contributed by atoms with Crippen LogP contribution in [0, 0.1) is 0 Å². The number of unbranched alkanes of at least 4 members (excludes halogenated alkanes) is 1. The van der Waals surface area contributed by atoms with Crippen LogP contribution < -0.4 is 16.4 Å². The molecule has 28 heavy (non-hydrogen) atoms. The second kappa shape index (κ2) is 11.5. The second-order valence-electron chi connectivity index (χ2n) is 6.80.